The zero-order valence-electron chi connectivity index (χ0n) is 20.4. The smallest absolute Gasteiger partial charge is 0.410 e. The number of hydrogen-bond donors (Lipinski definition) is 0. The molecule has 4 aromatic rings. The van der Waals surface area contributed by atoms with Gasteiger partial charge in [-0.05, 0) is 45.2 Å². The third kappa shape index (κ3) is 4.45. The molecule has 1 aliphatic heterocycles. The third-order valence-corrected chi connectivity index (χ3v) is 7.16. The van der Waals surface area contributed by atoms with E-state index in [4.69, 9.17) is 9.26 Å². The number of carbonyl (C=O) groups excluding carboxylic acids is 1. The van der Waals surface area contributed by atoms with Crippen molar-refractivity contribution in [1.29, 1.82) is 0 Å². The number of fused-ring (bicyclic) bond motifs is 3. The molecule has 1 aliphatic rings. The first kappa shape index (κ1) is 23.2. The number of aryl methyl sites for hydroxylation is 1. The van der Waals surface area contributed by atoms with Crippen LogP contribution in [0, 0.1) is 6.92 Å². The summed E-state index contributed by atoms with van der Waals surface area (Å²) in [7, 11) is 0. The number of amides is 1. The maximum atomic E-state index is 13.6. The first-order valence-electron chi connectivity index (χ1n) is 11.5. The maximum absolute atomic E-state index is 13.6. The van der Waals surface area contributed by atoms with Crippen LogP contribution in [0.4, 0.5) is 4.79 Å². The van der Waals surface area contributed by atoms with Crippen LogP contribution in [-0.2, 0) is 17.7 Å². The number of aromatic nitrogens is 4. The maximum Gasteiger partial charge on any atom is 0.410 e. The van der Waals surface area contributed by atoms with Crippen molar-refractivity contribution in [2.45, 2.75) is 59.2 Å². The Balaban J connectivity index is 1.42. The van der Waals surface area contributed by atoms with Crippen molar-refractivity contribution in [3.05, 3.63) is 62.8 Å². The highest BCUT2D eigenvalue weighted by molar-refractivity contribution is 7.18. The van der Waals surface area contributed by atoms with E-state index in [1.807, 2.05) is 52.0 Å². The molecule has 0 bridgehead atoms. The van der Waals surface area contributed by atoms with Gasteiger partial charge in [-0.1, -0.05) is 29.4 Å². The van der Waals surface area contributed by atoms with E-state index >= 15 is 0 Å². The second-order valence-electron chi connectivity index (χ2n) is 9.73. The molecule has 0 saturated carbocycles. The zero-order chi connectivity index (χ0) is 24.9. The van der Waals surface area contributed by atoms with Crippen molar-refractivity contribution in [1.82, 2.24) is 24.6 Å². The monoisotopic (exact) mass is 493 g/mol. The van der Waals surface area contributed by atoms with Crippen LogP contribution in [-0.4, -0.2) is 42.8 Å². The van der Waals surface area contributed by atoms with E-state index in [1.54, 1.807) is 22.7 Å². The van der Waals surface area contributed by atoms with Gasteiger partial charge in [0.1, 0.15) is 10.4 Å². The molecule has 1 atom stereocenters. The molecular formula is C25H27N5O4S. The normalized spacial score (nSPS) is 14.7. The summed E-state index contributed by atoms with van der Waals surface area (Å²) in [6.07, 6.45) is 1.88. The van der Waals surface area contributed by atoms with Gasteiger partial charge in [-0.15, -0.1) is 11.3 Å². The van der Waals surface area contributed by atoms with Crippen LogP contribution in [0.1, 0.15) is 55.6 Å². The first-order chi connectivity index (χ1) is 16.6. The van der Waals surface area contributed by atoms with E-state index in [-0.39, 0.29) is 17.7 Å². The minimum Gasteiger partial charge on any atom is -0.444 e. The lowest BCUT2D eigenvalue weighted by Crippen LogP contribution is -2.39. The lowest BCUT2D eigenvalue weighted by molar-refractivity contribution is 0.0227. The Hall–Kier alpha value is -3.53. The fraction of sp³-hybridized carbons (Fsp3) is 0.400. The molecule has 0 N–H and O–H groups in total. The van der Waals surface area contributed by atoms with Gasteiger partial charge in [-0.3, -0.25) is 9.36 Å². The highest BCUT2D eigenvalue weighted by Crippen LogP contribution is 2.33. The summed E-state index contributed by atoms with van der Waals surface area (Å²) < 4.78 is 12.3. The van der Waals surface area contributed by atoms with Gasteiger partial charge in [0, 0.05) is 23.9 Å². The standard InChI is InChI=1S/C25H27N5O4S/c1-14(16-6-8-17(9-7-16)21-27-15(2)34-28-21)30-13-26-22-20(23(30)31)18-10-11-29(12-19(18)35-22)24(32)33-25(3,4)5/h6-9,13-14H,10-12H2,1-5H3. The van der Waals surface area contributed by atoms with Crippen molar-refractivity contribution in [2.24, 2.45) is 0 Å². The molecule has 0 radical (unpaired) electrons. The van der Waals surface area contributed by atoms with Gasteiger partial charge >= 0.3 is 6.09 Å². The van der Waals surface area contributed by atoms with Crippen molar-refractivity contribution in [2.75, 3.05) is 6.54 Å². The van der Waals surface area contributed by atoms with Crippen LogP contribution in [0.2, 0.25) is 0 Å². The van der Waals surface area contributed by atoms with Crippen LogP contribution in [0.15, 0.2) is 39.9 Å². The molecule has 1 unspecified atom stereocenters. The molecule has 1 amide bonds. The molecule has 182 valence electrons. The lowest BCUT2D eigenvalue weighted by Gasteiger charge is -2.29. The summed E-state index contributed by atoms with van der Waals surface area (Å²) in [5, 5.41) is 4.61. The summed E-state index contributed by atoms with van der Waals surface area (Å²) in [5.41, 5.74) is 2.19. The van der Waals surface area contributed by atoms with E-state index in [0.717, 1.165) is 21.6 Å². The second-order valence-corrected chi connectivity index (χ2v) is 10.8. The molecule has 4 heterocycles. The number of thiophene rings is 1. The van der Waals surface area contributed by atoms with Gasteiger partial charge in [-0.25, -0.2) is 9.78 Å². The Bertz CT molecular complexity index is 1460. The molecule has 3 aromatic heterocycles. The highest BCUT2D eigenvalue weighted by Gasteiger charge is 2.29. The van der Waals surface area contributed by atoms with Crippen molar-refractivity contribution >= 4 is 27.6 Å². The van der Waals surface area contributed by atoms with Crippen molar-refractivity contribution in [3.63, 3.8) is 0 Å². The van der Waals surface area contributed by atoms with Crippen LogP contribution in [0.25, 0.3) is 21.6 Å². The fourth-order valence-corrected chi connectivity index (χ4v) is 5.44. The SMILES string of the molecule is Cc1nc(-c2ccc(C(C)n3cnc4sc5c(c4c3=O)CCN(C(=O)OC(C)(C)C)C5)cc2)no1. The van der Waals surface area contributed by atoms with Crippen LogP contribution in [0.3, 0.4) is 0 Å². The number of rotatable bonds is 3. The Kier molecular flexibility index (Phi) is 5.71. The van der Waals surface area contributed by atoms with Crippen molar-refractivity contribution in [3.8, 4) is 11.4 Å². The molecular weight excluding hydrogens is 466 g/mol. The largest absolute Gasteiger partial charge is 0.444 e. The second kappa shape index (κ2) is 8.60. The Morgan fingerprint density at radius 2 is 1.97 bits per heavy atom. The zero-order valence-corrected chi connectivity index (χ0v) is 21.2. The van der Waals surface area contributed by atoms with Crippen LogP contribution >= 0.6 is 11.3 Å². The number of hydrogen-bond acceptors (Lipinski definition) is 8. The molecule has 0 fully saturated rings. The molecule has 0 saturated heterocycles. The Morgan fingerprint density at radius 1 is 1.23 bits per heavy atom. The van der Waals surface area contributed by atoms with E-state index in [0.29, 0.717) is 41.4 Å². The lowest BCUT2D eigenvalue weighted by atomic mass is 10.0. The summed E-state index contributed by atoms with van der Waals surface area (Å²) in [5.74, 6) is 1.05. The molecule has 0 aliphatic carbocycles. The molecule has 9 nitrogen and oxygen atoms in total. The van der Waals surface area contributed by atoms with Crippen LogP contribution < -0.4 is 5.56 Å². The average molecular weight is 494 g/mol. The van der Waals surface area contributed by atoms with Gasteiger partial charge in [0.05, 0.1) is 24.3 Å². The van der Waals surface area contributed by atoms with Gasteiger partial charge in [0.15, 0.2) is 0 Å². The number of ether oxygens (including phenoxy) is 1. The summed E-state index contributed by atoms with van der Waals surface area (Å²) in [6, 6.07) is 7.56. The number of nitrogens with zero attached hydrogens (tertiary/aromatic N) is 5. The van der Waals surface area contributed by atoms with Gasteiger partial charge < -0.3 is 14.2 Å². The quantitative estimate of drug-likeness (QED) is 0.407. The fourth-order valence-electron chi connectivity index (χ4n) is 4.24. The van der Waals surface area contributed by atoms with Gasteiger partial charge in [0.25, 0.3) is 5.56 Å². The number of carbonyl (C=O) groups is 1. The minimum atomic E-state index is -0.550. The summed E-state index contributed by atoms with van der Waals surface area (Å²) >= 11 is 1.47. The van der Waals surface area contributed by atoms with Gasteiger partial charge in [-0.2, -0.15) is 4.98 Å². The molecule has 35 heavy (non-hydrogen) atoms. The topological polar surface area (TPSA) is 103 Å². The Morgan fingerprint density at radius 3 is 2.63 bits per heavy atom. The predicted molar refractivity (Wildman–Crippen MR) is 133 cm³/mol. The Labute approximate surface area is 206 Å². The highest BCUT2D eigenvalue weighted by atomic mass is 32.1. The molecule has 5 rings (SSSR count). The molecule has 10 heteroatoms. The van der Waals surface area contributed by atoms with E-state index in [9.17, 15) is 9.59 Å². The molecule has 0 spiro atoms. The van der Waals surface area contributed by atoms with E-state index in [1.165, 1.54) is 11.3 Å². The van der Waals surface area contributed by atoms with E-state index < -0.39 is 5.60 Å². The van der Waals surface area contributed by atoms with Gasteiger partial charge in [0.2, 0.25) is 11.7 Å². The first-order valence-corrected chi connectivity index (χ1v) is 12.3. The van der Waals surface area contributed by atoms with Crippen LogP contribution in [0.5, 0.6) is 0 Å². The number of benzene rings is 1. The summed E-state index contributed by atoms with van der Waals surface area (Å²) in [4.78, 5) is 38.3. The summed E-state index contributed by atoms with van der Waals surface area (Å²) in [6.45, 7) is 10.2. The minimum absolute atomic E-state index is 0.0661. The predicted octanol–water partition coefficient (Wildman–Crippen LogP) is 4.72. The average Bonchev–Trinajstić information content (AvgIpc) is 3.41. The van der Waals surface area contributed by atoms with Crippen molar-refractivity contribution < 1.29 is 14.1 Å². The van der Waals surface area contributed by atoms with E-state index in [2.05, 4.69) is 15.1 Å². The third-order valence-electron chi connectivity index (χ3n) is 6.03. The molecule has 1 aromatic carbocycles.